The number of aliphatic imine (C=N–C) groups is 2. The van der Waals surface area contributed by atoms with Crippen molar-refractivity contribution in [2.45, 2.75) is 46.7 Å². The molecule has 0 fully saturated rings. The standard InChI is InChI=1S/C14H20N2O4/c1-6(2)9-13(17)19-11(15-9)8(5)12-16-10(7(3)4)14(18)20-12/h6-10H,1-5H3. The molecule has 0 bridgehead atoms. The number of ether oxygens (including phenoxy) is 2. The Morgan fingerprint density at radius 2 is 1.15 bits per heavy atom. The molecule has 2 aliphatic heterocycles. The van der Waals surface area contributed by atoms with Crippen molar-refractivity contribution in [1.29, 1.82) is 0 Å². The Morgan fingerprint density at radius 1 is 0.800 bits per heavy atom. The second-order valence-electron chi connectivity index (χ2n) is 5.88. The first kappa shape index (κ1) is 14.7. The zero-order valence-corrected chi connectivity index (χ0v) is 12.4. The summed E-state index contributed by atoms with van der Waals surface area (Å²) in [5, 5.41) is 0. The van der Waals surface area contributed by atoms with Crippen LogP contribution in [-0.4, -0.2) is 35.8 Å². The molecule has 20 heavy (non-hydrogen) atoms. The van der Waals surface area contributed by atoms with Gasteiger partial charge < -0.3 is 9.47 Å². The molecule has 0 aromatic heterocycles. The molecular formula is C14H20N2O4. The van der Waals surface area contributed by atoms with E-state index < -0.39 is 18.0 Å². The largest absolute Gasteiger partial charge is 0.409 e. The van der Waals surface area contributed by atoms with Crippen molar-refractivity contribution in [3.05, 3.63) is 0 Å². The summed E-state index contributed by atoms with van der Waals surface area (Å²) in [6, 6.07) is -0.961. The van der Waals surface area contributed by atoms with E-state index in [4.69, 9.17) is 9.47 Å². The summed E-state index contributed by atoms with van der Waals surface area (Å²) in [5.41, 5.74) is 0. The molecule has 0 saturated carbocycles. The van der Waals surface area contributed by atoms with Crippen molar-refractivity contribution in [2.75, 3.05) is 0 Å². The molecule has 2 heterocycles. The topological polar surface area (TPSA) is 77.3 Å². The quantitative estimate of drug-likeness (QED) is 0.732. The maximum Gasteiger partial charge on any atom is 0.337 e. The predicted octanol–water partition coefficient (Wildman–Crippen LogP) is 1.58. The van der Waals surface area contributed by atoms with E-state index in [0.29, 0.717) is 0 Å². The van der Waals surface area contributed by atoms with E-state index in [1.54, 1.807) is 6.92 Å². The van der Waals surface area contributed by atoms with Gasteiger partial charge in [0.05, 0.1) is 0 Å². The molecule has 0 aromatic rings. The summed E-state index contributed by atoms with van der Waals surface area (Å²) in [6.45, 7) is 9.40. The van der Waals surface area contributed by atoms with Gasteiger partial charge >= 0.3 is 11.9 Å². The number of carbonyl (C=O) groups is 2. The number of cyclic esters (lactones) is 2. The van der Waals surface area contributed by atoms with Crippen molar-refractivity contribution in [3.63, 3.8) is 0 Å². The Kier molecular flexibility index (Phi) is 3.92. The Morgan fingerprint density at radius 3 is 1.40 bits per heavy atom. The first-order valence-electron chi connectivity index (χ1n) is 6.90. The highest BCUT2D eigenvalue weighted by molar-refractivity contribution is 6.11. The summed E-state index contributed by atoms with van der Waals surface area (Å²) < 4.78 is 10.4. The highest BCUT2D eigenvalue weighted by atomic mass is 16.6. The van der Waals surface area contributed by atoms with E-state index in [0.717, 1.165) is 0 Å². The van der Waals surface area contributed by atoms with Crippen molar-refractivity contribution < 1.29 is 19.1 Å². The predicted molar refractivity (Wildman–Crippen MR) is 73.5 cm³/mol. The molecule has 0 aliphatic carbocycles. The van der Waals surface area contributed by atoms with E-state index in [-0.39, 0.29) is 35.6 Å². The van der Waals surface area contributed by atoms with E-state index >= 15 is 0 Å². The first-order valence-corrected chi connectivity index (χ1v) is 6.90. The fraction of sp³-hybridized carbons (Fsp3) is 0.714. The van der Waals surface area contributed by atoms with Gasteiger partial charge in [0.25, 0.3) is 0 Å². The van der Waals surface area contributed by atoms with Crippen LogP contribution in [0.4, 0.5) is 0 Å². The van der Waals surface area contributed by atoms with Crippen LogP contribution in [0.2, 0.25) is 0 Å². The molecule has 6 heteroatoms. The lowest BCUT2D eigenvalue weighted by atomic mass is 10.1. The van der Waals surface area contributed by atoms with Crippen LogP contribution in [0.3, 0.4) is 0 Å². The maximum absolute atomic E-state index is 11.7. The van der Waals surface area contributed by atoms with E-state index in [1.807, 2.05) is 27.7 Å². The maximum atomic E-state index is 11.7. The van der Waals surface area contributed by atoms with E-state index in [1.165, 1.54) is 0 Å². The van der Waals surface area contributed by atoms with Crippen LogP contribution in [-0.2, 0) is 19.1 Å². The van der Waals surface area contributed by atoms with Gasteiger partial charge in [-0.2, -0.15) is 0 Å². The summed E-state index contributed by atoms with van der Waals surface area (Å²) in [6.07, 6.45) is 0. The van der Waals surface area contributed by atoms with Crippen molar-refractivity contribution in [2.24, 2.45) is 27.7 Å². The second-order valence-corrected chi connectivity index (χ2v) is 5.88. The second kappa shape index (κ2) is 5.34. The number of hydrogen-bond donors (Lipinski definition) is 0. The average molecular weight is 280 g/mol. The minimum atomic E-state index is -0.481. The van der Waals surface area contributed by atoms with Crippen LogP contribution in [0.1, 0.15) is 34.6 Å². The van der Waals surface area contributed by atoms with Gasteiger partial charge in [0.15, 0.2) is 12.1 Å². The Hall–Kier alpha value is -1.72. The zero-order valence-electron chi connectivity index (χ0n) is 12.4. The summed E-state index contributed by atoms with van der Waals surface area (Å²) in [5.74, 6) is -0.420. The van der Waals surface area contributed by atoms with Gasteiger partial charge in [-0.05, 0) is 18.8 Å². The molecule has 0 radical (unpaired) electrons. The normalized spacial score (nSPS) is 27.6. The number of nitrogens with zero attached hydrogens (tertiary/aromatic N) is 2. The van der Waals surface area contributed by atoms with Gasteiger partial charge in [-0.25, -0.2) is 19.6 Å². The zero-order chi connectivity index (χ0) is 15.0. The highest BCUT2D eigenvalue weighted by Gasteiger charge is 2.40. The third kappa shape index (κ3) is 2.59. The van der Waals surface area contributed by atoms with Gasteiger partial charge in [0.2, 0.25) is 11.8 Å². The van der Waals surface area contributed by atoms with Gasteiger partial charge in [-0.15, -0.1) is 0 Å². The summed E-state index contributed by atoms with van der Waals surface area (Å²) in [7, 11) is 0. The first-order chi connectivity index (χ1) is 9.31. The fourth-order valence-electron chi connectivity index (χ4n) is 2.11. The molecule has 2 aliphatic rings. The van der Waals surface area contributed by atoms with Gasteiger partial charge in [0, 0.05) is 0 Å². The van der Waals surface area contributed by atoms with Crippen molar-refractivity contribution in [1.82, 2.24) is 0 Å². The average Bonchev–Trinajstić information content (AvgIpc) is 2.91. The SMILES string of the molecule is CC(C1=NC(C(C)C)C(=O)O1)C1=NC(C(C)C)C(=O)O1. The summed E-state index contributed by atoms with van der Waals surface area (Å²) >= 11 is 0. The lowest BCUT2D eigenvalue weighted by Crippen LogP contribution is -2.24. The van der Waals surface area contributed by atoms with Crippen LogP contribution in [0.25, 0.3) is 0 Å². The van der Waals surface area contributed by atoms with Gasteiger partial charge in [0.1, 0.15) is 5.92 Å². The molecule has 0 amide bonds. The Bertz CT molecular complexity index is 449. The third-order valence-electron chi connectivity index (χ3n) is 3.43. The van der Waals surface area contributed by atoms with Crippen molar-refractivity contribution in [3.8, 4) is 0 Å². The van der Waals surface area contributed by atoms with Crippen LogP contribution >= 0.6 is 0 Å². The minimum absolute atomic E-state index is 0.0729. The van der Waals surface area contributed by atoms with E-state index in [9.17, 15) is 9.59 Å². The Labute approximate surface area is 118 Å². The molecule has 2 atom stereocenters. The molecule has 6 nitrogen and oxygen atoms in total. The molecule has 0 spiro atoms. The lowest BCUT2D eigenvalue weighted by molar-refractivity contribution is -0.136. The van der Waals surface area contributed by atoms with Gasteiger partial charge in [-0.3, -0.25) is 0 Å². The van der Waals surface area contributed by atoms with E-state index in [2.05, 4.69) is 9.98 Å². The molecular weight excluding hydrogens is 260 g/mol. The molecule has 110 valence electrons. The van der Waals surface area contributed by atoms with Gasteiger partial charge in [-0.1, -0.05) is 27.7 Å². The highest BCUT2D eigenvalue weighted by Crippen LogP contribution is 2.24. The molecule has 0 aromatic carbocycles. The van der Waals surface area contributed by atoms with Crippen LogP contribution in [0.5, 0.6) is 0 Å². The smallest absolute Gasteiger partial charge is 0.337 e. The van der Waals surface area contributed by atoms with Crippen LogP contribution < -0.4 is 0 Å². The third-order valence-corrected chi connectivity index (χ3v) is 3.43. The number of hydrogen-bond acceptors (Lipinski definition) is 6. The fourth-order valence-corrected chi connectivity index (χ4v) is 2.11. The number of rotatable bonds is 4. The molecule has 0 N–H and O–H groups in total. The molecule has 0 saturated heterocycles. The van der Waals surface area contributed by atoms with Crippen LogP contribution in [0, 0.1) is 17.8 Å². The monoisotopic (exact) mass is 280 g/mol. The Balaban J connectivity index is 2.15. The molecule has 2 rings (SSSR count). The number of esters is 2. The summed E-state index contributed by atoms with van der Waals surface area (Å²) in [4.78, 5) is 32.0. The minimum Gasteiger partial charge on any atom is -0.409 e. The lowest BCUT2D eigenvalue weighted by Gasteiger charge is -2.08. The van der Waals surface area contributed by atoms with Crippen molar-refractivity contribution >= 4 is 23.7 Å². The van der Waals surface area contributed by atoms with Crippen LogP contribution in [0.15, 0.2) is 9.98 Å². The molecule has 2 unspecified atom stereocenters. The number of carbonyl (C=O) groups excluding carboxylic acids is 2.